The highest BCUT2D eigenvalue weighted by molar-refractivity contribution is 5.44. The van der Waals surface area contributed by atoms with E-state index in [2.05, 4.69) is 6.92 Å². The largest absolute Gasteiger partial charge is 0.508 e. The summed E-state index contributed by atoms with van der Waals surface area (Å²) in [6.45, 7) is 2.15. The van der Waals surface area contributed by atoms with E-state index in [0.29, 0.717) is 17.4 Å². The van der Waals surface area contributed by atoms with E-state index in [4.69, 9.17) is 0 Å². The van der Waals surface area contributed by atoms with Crippen LogP contribution in [0.4, 0.5) is 0 Å². The summed E-state index contributed by atoms with van der Waals surface area (Å²) in [5.41, 5.74) is 5.31. The summed E-state index contributed by atoms with van der Waals surface area (Å²) in [7, 11) is 0. The van der Waals surface area contributed by atoms with Crippen molar-refractivity contribution in [2.45, 2.75) is 44.9 Å². The lowest BCUT2D eigenvalue weighted by molar-refractivity contribution is 0.473. The average Bonchev–Trinajstić information content (AvgIpc) is 2.69. The lowest BCUT2D eigenvalue weighted by Crippen LogP contribution is -2.04. The molecule has 3 rings (SSSR count). The van der Waals surface area contributed by atoms with Crippen LogP contribution in [0.5, 0.6) is 11.5 Å². The fourth-order valence-corrected chi connectivity index (χ4v) is 3.50. The standard InChI is InChI=1S/C19H22O2/c1-2-13-10-18(21)11-16-5-3-4-15(12-19(13)16)14-6-8-17(20)9-7-14/h6-11,15,20-21H,2-5,12H2,1H3. The summed E-state index contributed by atoms with van der Waals surface area (Å²) in [6.07, 6.45) is 5.34. The first-order chi connectivity index (χ1) is 10.2. The van der Waals surface area contributed by atoms with Gasteiger partial charge in [-0.25, -0.2) is 0 Å². The molecular weight excluding hydrogens is 260 g/mol. The zero-order valence-electron chi connectivity index (χ0n) is 12.5. The van der Waals surface area contributed by atoms with Gasteiger partial charge in [-0.2, -0.15) is 0 Å². The molecule has 0 aromatic heterocycles. The van der Waals surface area contributed by atoms with E-state index in [9.17, 15) is 10.2 Å². The molecule has 2 nitrogen and oxygen atoms in total. The van der Waals surface area contributed by atoms with E-state index in [1.54, 1.807) is 12.1 Å². The third-order valence-corrected chi connectivity index (χ3v) is 4.61. The monoisotopic (exact) mass is 282 g/mol. The van der Waals surface area contributed by atoms with Crippen molar-refractivity contribution >= 4 is 0 Å². The van der Waals surface area contributed by atoms with Crippen LogP contribution in [-0.4, -0.2) is 10.2 Å². The highest BCUT2D eigenvalue weighted by atomic mass is 16.3. The molecule has 0 amide bonds. The highest BCUT2D eigenvalue weighted by Crippen LogP contribution is 2.35. The van der Waals surface area contributed by atoms with Gasteiger partial charge in [0, 0.05) is 0 Å². The van der Waals surface area contributed by atoms with Crippen molar-refractivity contribution in [1.82, 2.24) is 0 Å². The van der Waals surface area contributed by atoms with E-state index in [1.807, 2.05) is 24.3 Å². The number of benzene rings is 2. The molecule has 2 heteroatoms. The number of phenols is 2. The third kappa shape index (κ3) is 2.90. The van der Waals surface area contributed by atoms with Crippen LogP contribution in [0.2, 0.25) is 0 Å². The maximum Gasteiger partial charge on any atom is 0.116 e. The van der Waals surface area contributed by atoms with E-state index in [-0.39, 0.29) is 0 Å². The molecule has 1 atom stereocenters. The van der Waals surface area contributed by atoms with E-state index in [1.165, 1.54) is 22.3 Å². The van der Waals surface area contributed by atoms with Crippen molar-refractivity contribution in [2.24, 2.45) is 0 Å². The summed E-state index contributed by atoms with van der Waals surface area (Å²) in [6, 6.07) is 11.5. The van der Waals surface area contributed by atoms with Gasteiger partial charge in [-0.1, -0.05) is 19.1 Å². The molecule has 0 saturated carbocycles. The molecule has 0 saturated heterocycles. The second-order valence-corrected chi connectivity index (χ2v) is 5.98. The fraction of sp³-hybridized carbons (Fsp3) is 0.368. The number of aromatic hydroxyl groups is 2. The van der Waals surface area contributed by atoms with Gasteiger partial charge in [-0.15, -0.1) is 0 Å². The van der Waals surface area contributed by atoms with Crippen molar-refractivity contribution < 1.29 is 10.2 Å². The SMILES string of the molecule is CCc1cc(O)cc2c1CC(c1ccc(O)cc1)CCC2. The van der Waals surface area contributed by atoms with Gasteiger partial charge in [0.2, 0.25) is 0 Å². The van der Waals surface area contributed by atoms with Gasteiger partial charge in [0.15, 0.2) is 0 Å². The molecule has 2 N–H and O–H groups in total. The predicted molar refractivity (Wildman–Crippen MR) is 85.0 cm³/mol. The molecule has 0 bridgehead atoms. The van der Waals surface area contributed by atoms with E-state index in [0.717, 1.165) is 32.1 Å². The van der Waals surface area contributed by atoms with Crippen molar-refractivity contribution in [3.63, 3.8) is 0 Å². The molecule has 1 unspecified atom stereocenters. The quantitative estimate of drug-likeness (QED) is 0.805. The second-order valence-electron chi connectivity index (χ2n) is 5.98. The van der Waals surface area contributed by atoms with E-state index >= 15 is 0 Å². The van der Waals surface area contributed by atoms with Gasteiger partial charge in [0.1, 0.15) is 11.5 Å². The smallest absolute Gasteiger partial charge is 0.116 e. The number of aryl methyl sites for hydroxylation is 2. The number of hydrogen-bond donors (Lipinski definition) is 2. The van der Waals surface area contributed by atoms with Gasteiger partial charge in [0.05, 0.1) is 0 Å². The molecular formula is C19H22O2. The van der Waals surface area contributed by atoms with E-state index < -0.39 is 0 Å². The molecule has 0 aliphatic heterocycles. The Bertz CT molecular complexity index is 629. The zero-order chi connectivity index (χ0) is 14.8. The zero-order valence-corrected chi connectivity index (χ0v) is 12.5. The van der Waals surface area contributed by atoms with Crippen LogP contribution in [0.25, 0.3) is 0 Å². The first-order valence-corrected chi connectivity index (χ1v) is 7.80. The van der Waals surface area contributed by atoms with Crippen LogP contribution in [0, 0.1) is 0 Å². The Hall–Kier alpha value is -1.96. The lowest BCUT2D eigenvalue weighted by atomic mass is 9.87. The van der Waals surface area contributed by atoms with Crippen molar-refractivity contribution in [2.75, 3.05) is 0 Å². The Morgan fingerprint density at radius 3 is 2.52 bits per heavy atom. The summed E-state index contributed by atoms with van der Waals surface area (Å²) >= 11 is 0. The molecule has 2 aromatic carbocycles. The summed E-state index contributed by atoms with van der Waals surface area (Å²) in [4.78, 5) is 0. The Kier molecular flexibility index (Phi) is 3.87. The maximum atomic E-state index is 9.88. The summed E-state index contributed by atoms with van der Waals surface area (Å²) in [5.74, 6) is 1.22. The first-order valence-electron chi connectivity index (χ1n) is 7.80. The van der Waals surface area contributed by atoms with Crippen molar-refractivity contribution in [1.29, 1.82) is 0 Å². The molecule has 110 valence electrons. The molecule has 1 aliphatic rings. The minimum absolute atomic E-state index is 0.326. The average molecular weight is 282 g/mol. The van der Waals surface area contributed by atoms with Crippen LogP contribution in [0.1, 0.15) is 47.9 Å². The number of rotatable bonds is 2. The van der Waals surface area contributed by atoms with Gasteiger partial charge in [0.25, 0.3) is 0 Å². The summed E-state index contributed by atoms with van der Waals surface area (Å²) < 4.78 is 0. The van der Waals surface area contributed by atoms with Crippen molar-refractivity contribution in [3.8, 4) is 11.5 Å². The first kappa shape index (κ1) is 14.0. The van der Waals surface area contributed by atoms with Gasteiger partial charge in [-0.05, 0) is 84.5 Å². The van der Waals surface area contributed by atoms with Crippen molar-refractivity contribution in [3.05, 3.63) is 58.7 Å². The number of phenolic OH excluding ortho intramolecular Hbond substituents is 2. The van der Waals surface area contributed by atoms with Crippen LogP contribution in [-0.2, 0) is 19.3 Å². The van der Waals surface area contributed by atoms with Crippen LogP contribution in [0.3, 0.4) is 0 Å². The number of hydrogen-bond acceptors (Lipinski definition) is 2. The second kappa shape index (κ2) is 5.80. The molecule has 21 heavy (non-hydrogen) atoms. The molecule has 2 aromatic rings. The summed E-state index contributed by atoms with van der Waals surface area (Å²) in [5, 5.41) is 19.3. The topological polar surface area (TPSA) is 40.5 Å². The van der Waals surface area contributed by atoms with Gasteiger partial charge in [-0.3, -0.25) is 0 Å². The minimum Gasteiger partial charge on any atom is -0.508 e. The van der Waals surface area contributed by atoms with Gasteiger partial charge >= 0.3 is 0 Å². The van der Waals surface area contributed by atoms with Crippen LogP contribution < -0.4 is 0 Å². The predicted octanol–water partition coefficient (Wildman–Crippen LogP) is 4.32. The van der Waals surface area contributed by atoms with Crippen LogP contribution >= 0.6 is 0 Å². The van der Waals surface area contributed by atoms with Crippen LogP contribution in [0.15, 0.2) is 36.4 Å². The number of fused-ring (bicyclic) bond motifs is 1. The lowest BCUT2D eigenvalue weighted by Gasteiger charge is -2.18. The highest BCUT2D eigenvalue weighted by Gasteiger charge is 2.21. The molecule has 1 aliphatic carbocycles. The maximum absolute atomic E-state index is 9.88. The Morgan fingerprint density at radius 2 is 1.81 bits per heavy atom. The molecule has 0 spiro atoms. The van der Waals surface area contributed by atoms with Gasteiger partial charge < -0.3 is 10.2 Å². The molecule has 0 radical (unpaired) electrons. The normalized spacial score (nSPS) is 18.0. The fourth-order valence-electron chi connectivity index (χ4n) is 3.50. The minimum atomic E-state index is 0.326. The Labute approximate surface area is 126 Å². The molecule has 0 fully saturated rings. The Balaban J connectivity index is 1.96. The Morgan fingerprint density at radius 1 is 1.05 bits per heavy atom. The molecule has 0 heterocycles. The third-order valence-electron chi connectivity index (χ3n) is 4.61.